The van der Waals surface area contributed by atoms with Crippen LogP contribution in [0.1, 0.15) is 273 Å². The Morgan fingerprint density at radius 2 is 0.441 bits per heavy atom. The van der Waals surface area contributed by atoms with Crippen LogP contribution >= 0.6 is 15.0 Å². The van der Waals surface area contributed by atoms with Crippen LogP contribution in [0.3, 0.4) is 0 Å². The molecule has 0 aliphatic carbocycles. The van der Waals surface area contributed by atoms with Crippen LogP contribution < -0.4 is 0 Å². The standard InChI is InChI=1S/C52H104O4P2.Sn.2H/c1-7-13-19-25-31-37-45-57(46-38-32-26-20-14-8-2,47-39-33-27-21-15-9-3)55-51(53)43-44-52(54)56-58(48-40-34-28-22-16-10-4,49-41-35-29-23-17-11-5)50-42-36-30-24-18-12-6;;;/h43-44H,7-42,45-50H2,1-6H3;;;/q+2;;;/b44-43-;;;. The fourth-order valence-corrected chi connectivity index (χ4v) is 16.2. The summed E-state index contributed by atoms with van der Waals surface area (Å²) in [7, 11) is -3.89. The van der Waals surface area contributed by atoms with Gasteiger partial charge in [-0.1, -0.05) is 196 Å². The summed E-state index contributed by atoms with van der Waals surface area (Å²) in [4.78, 5) is 27.7. The van der Waals surface area contributed by atoms with Gasteiger partial charge >= 0.3 is 35.8 Å². The molecule has 0 rings (SSSR count). The summed E-state index contributed by atoms with van der Waals surface area (Å²) >= 11 is 0. The number of hydrogen-bond acceptors (Lipinski definition) is 4. The second kappa shape index (κ2) is 46.3. The van der Waals surface area contributed by atoms with Gasteiger partial charge in [-0.15, -0.1) is 0 Å². The zero-order valence-electron chi connectivity index (χ0n) is 41.1. The molecule has 0 saturated heterocycles. The quantitative estimate of drug-likeness (QED) is 0.0264. The normalized spacial score (nSPS) is 12.0. The number of carbonyl (C=O) groups is 2. The van der Waals surface area contributed by atoms with E-state index in [0.29, 0.717) is 0 Å². The molecule has 59 heavy (non-hydrogen) atoms. The van der Waals surface area contributed by atoms with E-state index in [9.17, 15) is 9.59 Å². The topological polar surface area (TPSA) is 52.6 Å². The van der Waals surface area contributed by atoms with Gasteiger partial charge in [-0.05, 0) is 77.0 Å². The zero-order valence-corrected chi connectivity index (χ0v) is 46.9. The fourth-order valence-electron chi connectivity index (χ4n) is 8.61. The van der Waals surface area contributed by atoms with Crippen LogP contribution in [0.2, 0.25) is 0 Å². The molecule has 0 unspecified atom stereocenters. The third-order valence-corrected chi connectivity index (χ3v) is 20.4. The Labute approximate surface area is 389 Å². The molecule has 0 bridgehead atoms. The van der Waals surface area contributed by atoms with Crippen LogP contribution in [-0.4, -0.2) is 72.8 Å². The van der Waals surface area contributed by atoms with Gasteiger partial charge in [0.25, 0.3) is 0 Å². The second-order valence-electron chi connectivity index (χ2n) is 18.2. The molecule has 0 fully saturated rings. The van der Waals surface area contributed by atoms with E-state index in [0.717, 1.165) is 75.5 Å². The van der Waals surface area contributed by atoms with Gasteiger partial charge in [0, 0.05) is 12.2 Å². The minimum atomic E-state index is -1.95. The average molecular weight is 976 g/mol. The van der Waals surface area contributed by atoms with Crippen molar-refractivity contribution in [1.82, 2.24) is 0 Å². The first-order valence-corrected chi connectivity index (χ1v) is 30.8. The molecule has 350 valence electrons. The number of carbonyl (C=O) groups excluding carboxylic acids is 2. The van der Waals surface area contributed by atoms with Crippen molar-refractivity contribution in [3.05, 3.63) is 12.2 Å². The molecule has 0 aromatic heterocycles. The Kier molecular flexibility index (Phi) is 48.2. The molecule has 0 aliphatic rings. The van der Waals surface area contributed by atoms with Crippen molar-refractivity contribution in [1.29, 1.82) is 0 Å². The summed E-state index contributed by atoms with van der Waals surface area (Å²) in [6.45, 7) is 13.7. The summed E-state index contributed by atoms with van der Waals surface area (Å²) in [6.07, 6.45) is 54.6. The molecule has 7 heteroatoms. The maximum absolute atomic E-state index is 13.9. The van der Waals surface area contributed by atoms with E-state index in [1.807, 2.05) is 0 Å². The SMILES string of the molecule is CCCCCCCC[P+](CCCCCCCC)(CCCCCCCC)OC(=O)/C=C\C(=O)O[P+](CCCCCCCC)(CCCCCCCC)CCCCCCCC.[SnH2]. The van der Waals surface area contributed by atoms with Crippen molar-refractivity contribution in [2.75, 3.05) is 37.0 Å². The molecule has 0 aliphatic heterocycles. The van der Waals surface area contributed by atoms with Crippen molar-refractivity contribution >= 4 is 50.8 Å². The Hall–Kier alpha value is 0.339. The minimum absolute atomic E-state index is 0. The van der Waals surface area contributed by atoms with Gasteiger partial charge in [0.05, 0.1) is 37.0 Å². The van der Waals surface area contributed by atoms with Crippen molar-refractivity contribution in [3.8, 4) is 0 Å². The van der Waals surface area contributed by atoms with E-state index in [-0.39, 0.29) is 35.8 Å². The van der Waals surface area contributed by atoms with E-state index >= 15 is 0 Å². The van der Waals surface area contributed by atoms with Gasteiger partial charge in [0.2, 0.25) is 0 Å². The number of unbranched alkanes of at least 4 members (excludes halogenated alkanes) is 30. The molecule has 0 aromatic carbocycles. The van der Waals surface area contributed by atoms with Gasteiger partial charge in [0.1, 0.15) is 0 Å². The molecular weight excluding hydrogens is 869 g/mol. The molecule has 0 heterocycles. The second-order valence-corrected chi connectivity index (χ2v) is 25.5. The molecule has 4 nitrogen and oxygen atoms in total. The van der Waals surface area contributed by atoms with Gasteiger partial charge in [0.15, 0.2) is 15.0 Å². The van der Waals surface area contributed by atoms with Gasteiger partial charge in [-0.25, -0.2) is 9.59 Å². The van der Waals surface area contributed by atoms with Gasteiger partial charge in [-0.2, -0.15) is 0 Å². The van der Waals surface area contributed by atoms with E-state index in [1.165, 1.54) is 205 Å². The Morgan fingerprint density at radius 3 is 0.610 bits per heavy atom. The first kappa shape index (κ1) is 61.4. The Bertz CT molecular complexity index is 775. The van der Waals surface area contributed by atoms with E-state index in [4.69, 9.17) is 9.05 Å². The molecule has 0 saturated carbocycles. The fraction of sp³-hybridized carbons (Fsp3) is 0.923. The zero-order chi connectivity index (χ0) is 42.7. The third kappa shape index (κ3) is 38.5. The number of rotatable bonds is 46. The van der Waals surface area contributed by atoms with Gasteiger partial charge < -0.3 is 9.05 Å². The predicted molar refractivity (Wildman–Crippen MR) is 273 cm³/mol. The summed E-state index contributed by atoms with van der Waals surface area (Å²) in [5.41, 5.74) is 0. The monoisotopic (exact) mass is 977 g/mol. The van der Waals surface area contributed by atoms with E-state index in [2.05, 4.69) is 41.5 Å². The van der Waals surface area contributed by atoms with Crippen LogP contribution in [0.4, 0.5) is 0 Å². The van der Waals surface area contributed by atoms with E-state index in [1.54, 1.807) is 0 Å². The molecule has 0 spiro atoms. The average Bonchev–Trinajstić information content (AvgIpc) is 3.22. The van der Waals surface area contributed by atoms with Crippen LogP contribution in [0, 0.1) is 0 Å². The first-order chi connectivity index (χ1) is 28.4. The van der Waals surface area contributed by atoms with Crippen molar-refractivity contribution < 1.29 is 18.6 Å². The predicted octanol–water partition coefficient (Wildman–Crippen LogP) is 17.7. The van der Waals surface area contributed by atoms with Crippen molar-refractivity contribution in [2.24, 2.45) is 0 Å². The number of hydrogen-bond donors (Lipinski definition) is 0. The summed E-state index contributed by atoms with van der Waals surface area (Å²) in [5, 5.41) is 0. The molecule has 0 amide bonds. The molecule has 2 radical (unpaired) electrons. The summed E-state index contributed by atoms with van der Waals surface area (Å²) < 4.78 is 13.4. The molecular formula is C52H106O4P2Sn+2. The molecule has 0 aromatic rings. The maximum atomic E-state index is 13.9. The third-order valence-electron chi connectivity index (χ3n) is 12.4. The van der Waals surface area contributed by atoms with Gasteiger partial charge in [-0.3, -0.25) is 0 Å². The van der Waals surface area contributed by atoms with Crippen LogP contribution in [0.5, 0.6) is 0 Å². The van der Waals surface area contributed by atoms with Crippen LogP contribution in [-0.2, 0) is 18.6 Å². The van der Waals surface area contributed by atoms with Crippen molar-refractivity contribution in [2.45, 2.75) is 273 Å². The first-order valence-electron chi connectivity index (χ1n) is 26.2. The van der Waals surface area contributed by atoms with E-state index < -0.39 is 15.0 Å². The summed E-state index contributed by atoms with van der Waals surface area (Å²) in [6, 6.07) is 0. The Morgan fingerprint density at radius 1 is 0.288 bits per heavy atom. The van der Waals surface area contributed by atoms with Crippen LogP contribution in [0.25, 0.3) is 0 Å². The van der Waals surface area contributed by atoms with Crippen molar-refractivity contribution in [3.63, 3.8) is 0 Å². The molecule has 0 atom stereocenters. The molecule has 0 N–H and O–H groups in total. The summed E-state index contributed by atoms with van der Waals surface area (Å²) in [5.74, 6) is -0.583. The van der Waals surface area contributed by atoms with Crippen LogP contribution in [0.15, 0.2) is 12.2 Å². The Balaban J connectivity index is 0.